The van der Waals surface area contributed by atoms with Crippen LogP contribution in [0.15, 0.2) is 41.8 Å². The molecule has 1 fully saturated rings. The predicted molar refractivity (Wildman–Crippen MR) is 112 cm³/mol. The van der Waals surface area contributed by atoms with Gasteiger partial charge in [-0.2, -0.15) is 0 Å². The van der Waals surface area contributed by atoms with E-state index >= 15 is 0 Å². The van der Waals surface area contributed by atoms with Crippen LogP contribution in [0.3, 0.4) is 0 Å². The second-order valence-electron chi connectivity index (χ2n) is 7.01. The van der Waals surface area contributed by atoms with Crippen molar-refractivity contribution in [2.75, 3.05) is 13.1 Å². The maximum Gasteiger partial charge on any atom is 0.220 e. The van der Waals surface area contributed by atoms with E-state index < -0.39 is 0 Å². The van der Waals surface area contributed by atoms with Crippen LogP contribution in [0.4, 0.5) is 0 Å². The van der Waals surface area contributed by atoms with Crippen LogP contribution in [0.25, 0.3) is 0 Å². The third-order valence-corrected chi connectivity index (χ3v) is 6.21. The number of piperidine rings is 1. The summed E-state index contributed by atoms with van der Waals surface area (Å²) < 4.78 is 0. The minimum absolute atomic E-state index is 0. The number of carbonyl (C=O) groups excluding carboxylic acids is 1. The van der Waals surface area contributed by atoms with Crippen molar-refractivity contribution < 1.29 is 4.79 Å². The summed E-state index contributed by atoms with van der Waals surface area (Å²) in [6.45, 7) is 4.32. The Morgan fingerprint density at radius 2 is 1.96 bits per heavy atom. The third-order valence-electron chi connectivity index (χ3n) is 5.07. The maximum atomic E-state index is 12.6. The van der Waals surface area contributed by atoms with Crippen molar-refractivity contribution in [1.82, 2.24) is 10.6 Å². The summed E-state index contributed by atoms with van der Waals surface area (Å²) in [6.07, 6.45) is 4.90. The fourth-order valence-corrected chi connectivity index (χ4v) is 4.55. The normalized spacial score (nSPS) is 15.9. The van der Waals surface area contributed by atoms with E-state index in [2.05, 4.69) is 53.3 Å². The highest BCUT2D eigenvalue weighted by Crippen LogP contribution is 2.27. The average molecular weight is 393 g/mol. The molecule has 0 spiro atoms. The summed E-state index contributed by atoms with van der Waals surface area (Å²) in [5, 5.41) is 8.81. The van der Waals surface area contributed by atoms with Gasteiger partial charge in [-0.25, -0.2) is 0 Å². The highest BCUT2D eigenvalue weighted by Gasteiger charge is 2.20. The molecule has 3 rings (SSSR count). The van der Waals surface area contributed by atoms with Gasteiger partial charge in [0.15, 0.2) is 0 Å². The van der Waals surface area contributed by atoms with Crippen LogP contribution in [-0.2, 0) is 11.2 Å². The Kier molecular flexibility index (Phi) is 8.63. The summed E-state index contributed by atoms with van der Waals surface area (Å²) in [4.78, 5) is 13.8. The van der Waals surface area contributed by atoms with Crippen LogP contribution < -0.4 is 10.6 Å². The zero-order valence-corrected chi connectivity index (χ0v) is 17.0. The second kappa shape index (κ2) is 10.7. The van der Waals surface area contributed by atoms with Crippen LogP contribution in [0.1, 0.15) is 47.7 Å². The summed E-state index contributed by atoms with van der Waals surface area (Å²) in [5.74, 6) is 0.885. The Morgan fingerprint density at radius 1 is 1.23 bits per heavy atom. The van der Waals surface area contributed by atoms with Crippen LogP contribution in [0, 0.1) is 12.8 Å². The van der Waals surface area contributed by atoms with Gasteiger partial charge in [-0.15, -0.1) is 23.7 Å². The zero-order valence-electron chi connectivity index (χ0n) is 15.4. The Balaban J connectivity index is 0.00000243. The van der Waals surface area contributed by atoms with E-state index in [0.29, 0.717) is 12.3 Å². The first kappa shape index (κ1) is 20.9. The molecule has 1 aromatic carbocycles. The SMILES string of the molecule is Cc1ccsc1C(Cc1ccccc1)NC(=O)CCC1CCNCC1.Cl. The minimum atomic E-state index is 0. The quantitative estimate of drug-likeness (QED) is 0.719. The second-order valence-corrected chi connectivity index (χ2v) is 7.96. The molecule has 0 aliphatic carbocycles. The molecular weight excluding hydrogens is 364 g/mol. The van der Waals surface area contributed by atoms with E-state index in [4.69, 9.17) is 0 Å². The third kappa shape index (κ3) is 6.11. The van der Waals surface area contributed by atoms with Gasteiger partial charge in [-0.1, -0.05) is 30.3 Å². The Morgan fingerprint density at radius 3 is 2.62 bits per heavy atom. The van der Waals surface area contributed by atoms with Crippen molar-refractivity contribution in [2.24, 2.45) is 5.92 Å². The van der Waals surface area contributed by atoms with Crippen molar-refractivity contribution >= 4 is 29.7 Å². The Hall–Kier alpha value is -1.36. The highest BCUT2D eigenvalue weighted by molar-refractivity contribution is 7.10. The number of carbonyl (C=O) groups is 1. The van der Waals surface area contributed by atoms with Gasteiger partial charge in [0.1, 0.15) is 0 Å². The molecule has 1 aliphatic heterocycles. The lowest BCUT2D eigenvalue weighted by molar-refractivity contribution is -0.122. The van der Waals surface area contributed by atoms with Crippen LogP contribution in [0.2, 0.25) is 0 Å². The molecule has 26 heavy (non-hydrogen) atoms. The molecule has 3 nitrogen and oxygen atoms in total. The first-order chi connectivity index (χ1) is 12.2. The molecule has 0 radical (unpaired) electrons. The van der Waals surface area contributed by atoms with Crippen molar-refractivity contribution in [3.8, 4) is 0 Å². The Labute approximate surface area is 167 Å². The van der Waals surface area contributed by atoms with E-state index in [-0.39, 0.29) is 24.4 Å². The number of rotatable bonds is 7. The number of hydrogen-bond donors (Lipinski definition) is 2. The number of benzene rings is 1. The number of aryl methyl sites for hydroxylation is 1. The summed E-state index contributed by atoms with van der Waals surface area (Å²) in [7, 11) is 0. The van der Waals surface area contributed by atoms with Crippen molar-refractivity contribution in [1.29, 1.82) is 0 Å². The highest BCUT2D eigenvalue weighted by atomic mass is 35.5. The van der Waals surface area contributed by atoms with Gasteiger partial charge >= 0.3 is 0 Å². The van der Waals surface area contributed by atoms with Gasteiger partial charge in [0.2, 0.25) is 5.91 Å². The molecule has 1 atom stereocenters. The summed E-state index contributed by atoms with van der Waals surface area (Å²) in [5.41, 5.74) is 2.53. The molecule has 1 aromatic heterocycles. The molecule has 1 aliphatic rings. The van der Waals surface area contributed by atoms with E-state index in [0.717, 1.165) is 25.9 Å². The monoisotopic (exact) mass is 392 g/mol. The first-order valence-electron chi connectivity index (χ1n) is 9.30. The van der Waals surface area contributed by atoms with E-state index in [1.165, 1.54) is 28.8 Å². The van der Waals surface area contributed by atoms with Crippen LogP contribution >= 0.6 is 23.7 Å². The van der Waals surface area contributed by atoms with Crippen molar-refractivity contribution in [3.63, 3.8) is 0 Å². The average Bonchev–Trinajstić information content (AvgIpc) is 3.07. The molecule has 2 aromatic rings. The minimum Gasteiger partial charge on any atom is -0.348 e. The molecular formula is C21H29ClN2OS. The van der Waals surface area contributed by atoms with Gasteiger partial charge in [-0.05, 0) is 74.2 Å². The van der Waals surface area contributed by atoms with Gasteiger partial charge < -0.3 is 10.6 Å². The molecule has 2 N–H and O–H groups in total. The molecule has 1 amide bonds. The molecule has 142 valence electrons. The standard InChI is InChI=1S/C21H28N2OS.ClH/c1-16-11-14-25-21(16)19(15-18-5-3-2-4-6-18)23-20(24)8-7-17-9-12-22-13-10-17;/h2-6,11,14,17,19,22H,7-10,12-13,15H2,1H3,(H,23,24);1H. The predicted octanol–water partition coefficient (Wildman–Crippen LogP) is 4.66. The lowest BCUT2D eigenvalue weighted by atomic mass is 9.93. The van der Waals surface area contributed by atoms with Crippen molar-refractivity contribution in [2.45, 2.75) is 45.1 Å². The summed E-state index contributed by atoms with van der Waals surface area (Å²) in [6, 6.07) is 12.6. The largest absolute Gasteiger partial charge is 0.348 e. The molecule has 5 heteroatoms. The molecule has 0 bridgehead atoms. The number of thiophene rings is 1. The number of hydrogen-bond acceptors (Lipinski definition) is 3. The zero-order chi connectivity index (χ0) is 17.5. The topological polar surface area (TPSA) is 41.1 Å². The van der Waals surface area contributed by atoms with Gasteiger partial charge in [0.25, 0.3) is 0 Å². The van der Waals surface area contributed by atoms with E-state index in [9.17, 15) is 4.79 Å². The number of amides is 1. The molecule has 1 saturated heterocycles. The molecule has 2 heterocycles. The first-order valence-corrected chi connectivity index (χ1v) is 10.2. The number of nitrogens with one attached hydrogen (secondary N) is 2. The molecule has 1 unspecified atom stereocenters. The smallest absolute Gasteiger partial charge is 0.220 e. The van der Waals surface area contributed by atoms with Gasteiger partial charge in [0, 0.05) is 11.3 Å². The van der Waals surface area contributed by atoms with E-state index in [1.807, 2.05) is 6.07 Å². The lowest BCUT2D eigenvalue weighted by Crippen LogP contribution is -2.31. The Bertz CT molecular complexity index is 668. The summed E-state index contributed by atoms with van der Waals surface area (Å²) >= 11 is 1.74. The molecule has 0 saturated carbocycles. The van der Waals surface area contributed by atoms with Crippen LogP contribution in [-0.4, -0.2) is 19.0 Å². The fraction of sp³-hybridized carbons (Fsp3) is 0.476. The number of halogens is 1. The van der Waals surface area contributed by atoms with Crippen LogP contribution in [0.5, 0.6) is 0 Å². The van der Waals surface area contributed by atoms with Crippen molar-refractivity contribution in [3.05, 3.63) is 57.8 Å². The van der Waals surface area contributed by atoms with E-state index in [1.54, 1.807) is 11.3 Å². The lowest BCUT2D eigenvalue weighted by Gasteiger charge is -2.23. The van der Waals surface area contributed by atoms with Gasteiger partial charge in [0.05, 0.1) is 6.04 Å². The van der Waals surface area contributed by atoms with Gasteiger partial charge in [-0.3, -0.25) is 4.79 Å². The fourth-order valence-electron chi connectivity index (χ4n) is 3.57. The maximum absolute atomic E-state index is 12.6.